The normalized spacial score (nSPS) is 13.2. The van der Waals surface area contributed by atoms with E-state index in [1.807, 2.05) is 65.0 Å². The summed E-state index contributed by atoms with van der Waals surface area (Å²) in [7, 11) is 2.38. The van der Waals surface area contributed by atoms with E-state index in [9.17, 15) is 13.2 Å². The predicted octanol–water partition coefficient (Wildman–Crippen LogP) is 8.09. The Hall–Kier alpha value is -2.69. The molecule has 198 valence electrons. The Morgan fingerprint density at radius 3 is 2.11 bits per heavy atom. The van der Waals surface area contributed by atoms with Crippen molar-refractivity contribution in [2.75, 3.05) is 0 Å². The summed E-state index contributed by atoms with van der Waals surface area (Å²) in [5.74, 6) is 0.555. The summed E-state index contributed by atoms with van der Waals surface area (Å²) >= 11 is 6.12. The molecule has 1 N–H and O–H groups in total. The van der Waals surface area contributed by atoms with Crippen molar-refractivity contribution in [3.05, 3.63) is 106 Å². The van der Waals surface area contributed by atoms with Crippen LogP contribution in [0.4, 0.5) is 13.2 Å². The van der Waals surface area contributed by atoms with Crippen molar-refractivity contribution in [2.45, 2.75) is 59.7 Å². The van der Waals surface area contributed by atoms with Crippen LogP contribution in [0.2, 0.25) is 5.02 Å². The lowest BCUT2D eigenvalue weighted by atomic mass is 9.80. The number of aliphatic imine (C=N–C) groups is 1. The molecule has 0 bridgehead atoms. The number of rotatable bonds is 6. The highest BCUT2D eigenvalue weighted by Crippen LogP contribution is 2.40. The molecule has 0 spiro atoms. The van der Waals surface area contributed by atoms with Crippen LogP contribution >= 0.6 is 20.8 Å². The van der Waals surface area contributed by atoms with Gasteiger partial charge in [-0.1, -0.05) is 61.4 Å². The average molecular weight is 548 g/mol. The zero-order valence-electron chi connectivity index (χ0n) is 22.0. The van der Waals surface area contributed by atoms with E-state index >= 15 is 0 Å². The van der Waals surface area contributed by atoms with E-state index in [1.165, 1.54) is 6.20 Å². The number of hydrogen-bond donors (Lipinski definition) is 1. The van der Waals surface area contributed by atoms with Crippen molar-refractivity contribution in [3.63, 3.8) is 0 Å². The number of alkyl halides is 3. The number of allylic oxidation sites excluding steroid dienone is 2. The number of benzene rings is 2. The molecule has 0 saturated carbocycles. The number of hydrogen-bond acceptors (Lipinski definition) is 2. The number of nitrogens with zero attached hydrogens (tertiary/aromatic N) is 2. The molecule has 2 aromatic carbocycles. The van der Waals surface area contributed by atoms with Crippen LogP contribution in [0.15, 0.2) is 83.1 Å². The second-order valence-electron chi connectivity index (χ2n) is 8.67. The molecule has 3 aromatic rings. The molecule has 1 aromatic heterocycles. The molecule has 0 fully saturated rings. The lowest BCUT2D eigenvalue weighted by molar-refractivity contribution is -0.137. The van der Waals surface area contributed by atoms with E-state index < -0.39 is 17.3 Å². The van der Waals surface area contributed by atoms with Gasteiger partial charge in [0.05, 0.1) is 22.1 Å². The summed E-state index contributed by atoms with van der Waals surface area (Å²) in [6, 6.07) is 16.9. The van der Waals surface area contributed by atoms with E-state index in [0.717, 1.165) is 29.0 Å². The van der Waals surface area contributed by atoms with Gasteiger partial charge in [-0.05, 0) is 74.5 Å². The highest BCUT2D eigenvalue weighted by Gasteiger charge is 2.39. The summed E-state index contributed by atoms with van der Waals surface area (Å²) in [6.07, 6.45) is -2.73. The van der Waals surface area contributed by atoms with Crippen LogP contribution in [0.1, 0.15) is 63.9 Å². The third-order valence-electron chi connectivity index (χ3n) is 5.69. The highest BCUT2D eigenvalue weighted by molar-refractivity contribution is 7.27. The first-order valence-electron chi connectivity index (χ1n) is 12.0. The third kappa shape index (κ3) is 8.15. The SMILES string of the molecule is CC.CC(=NC(Cc1ccccc1)(c1cc(P)cc(C(F)(F)F)c1)c1ccc(Cl)cn1)NC(C)=C(C)C. The highest BCUT2D eigenvalue weighted by atomic mass is 35.5. The molecule has 2 atom stereocenters. The van der Waals surface area contributed by atoms with Crippen molar-refractivity contribution in [1.29, 1.82) is 0 Å². The number of amidine groups is 1. The first-order valence-corrected chi connectivity index (χ1v) is 13.0. The van der Waals surface area contributed by atoms with Crippen molar-refractivity contribution < 1.29 is 13.2 Å². The molecule has 0 saturated heterocycles. The Morgan fingerprint density at radius 2 is 1.57 bits per heavy atom. The fourth-order valence-corrected chi connectivity index (χ4v) is 4.25. The van der Waals surface area contributed by atoms with Gasteiger partial charge in [0, 0.05) is 18.3 Å². The first kappa shape index (κ1) is 30.5. The van der Waals surface area contributed by atoms with E-state index in [-0.39, 0.29) is 0 Å². The Morgan fingerprint density at radius 1 is 0.946 bits per heavy atom. The van der Waals surface area contributed by atoms with Gasteiger partial charge in [0.15, 0.2) is 0 Å². The van der Waals surface area contributed by atoms with Gasteiger partial charge in [-0.25, -0.2) is 0 Å². The van der Waals surface area contributed by atoms with Crippen LogP contribution in [-0.2, 0) is 18.1 Å². The van der Waals surface area contributed by atoms with Crippen molar-refractivity contribution >= 4 is 32.0 Å². The molecule has 0 aliphatic heterocycles. The van der Waals surface area contributed by atoms with E-state index in [0.29, 0.717) is 33.8 Å². The molecule has 3 rings (SSSR count). The maximum Gasteiger partial charge on any atom is 0.416 e. The summed E-state index contributed by atoms with van der Waals surface area (Å²) < 4.78 is 41.5. The van der Waals surface area contributed by atoms with E-state index in [4.69, 9.17) is 16.6 Å². The van der Waals surface area contributed by atoms with Crippen molar-refractivity contribution in [2.24, 2.45) is 4.99 Å². The topological polar surface area (TPSA) is 37.3 Å². The summed E-state index contributed by atoms with van der Waals surface area (Å²) in [5, 5.41) is 4.11. The van der Waals surface area contributed by atoms with Gasteiger partial charge in [0.2, 0.25) is 0 Å². The number of pyridine rings is 1. The molecule has 0 amide bonds. The van der Waals surface area contributed by atoms with Gasteiger partial charge < -0.3 is 5.32 Å². The molecular weight excluding hydrogens is 514 g/mol. The van der Waals surface area contributed by atoms with Crippen molar-refractivity contribution in [3.8, 4) is 0 Å². The van der Waals surface area contributed by atoms with Crippen LogP contribution in [0.25, 0.3) is 0 Å². The quantitative estimate of drug-likeness (QED) is 0.192. The molecule has 1 heterocycles. The Balaban J connectivity index is 0.00000235. The molecule has 8 heteroatoms. The number of aromatic nitrogens is 1. The van der Waals surface area contributed by atoms with Gasteiger partial charge in [0.1, 0.15) is 5.54 Å². The minimum absolute atomic E-state index is 0.292. The molecular formula is C29H34ClF3N3P. The van der Waals surface area contributed by atoms with Gasteiger partial charge in [-0.15, -0.1) is 9.24 Å². The lowest BCUT2D eigenvalue weighted by Crippen LogP contribution is -2.34. The minimum atomic E-state index is -4.51. The van der Waals surface area contributed by atoms with Crippen LogP contribution in [0.3, 0.4) is 0 Å². The smallest absolute Gasteiger partial charge is 0.348 e. The Labute approximate surface area is 225 Å². The minimum Gasteiger partial charge on any atom is -0.348 e. The molecule has 0 aliphatic carbocycles. The number of nitrogens with one attached hydrogen (secondary N) is 1. The fourth-order valence-electron chi connectivity index (χ4n) is 3.78. The van der Waals surface area contributed by atoms with Crippen LogP contribution in [-0.4, -0.2) is 10.8 Å². The maximum atomic E-state index is 13.8. The van der Waals surface area contributed by atoms with Gasteiger partial charge >= 0.3 is 6.18 Å². The Bertz CT molecular complexity index is 1240. The molecule has 3 nitrogen and oxygen atoms in total. The predicted molar refractivity (Wildman–Crippen MR) is 153 cm³/mol. The second-order valence-corrected chi connectivity index (χ2v) is 9.78. The monoisotopic (exact) mass is 547 g/mol. The summed E-state index contributed by atoms with van der Waals surface area (Å²) in [5.41, 5.74) is 1.77. The number of halogens is 4. The molecule has 37 heavy (non-hydrogen) atoms. The standard InChI is InChI=1S/C27H28ClF3N3P.C2H6/c1-17(2)18(3)33-19(4)34-26(15-20-8-6-5-7-9-20,25-11-10-23(28)16-32-25)21-12-22(27(29,30)31)14-24(35)13-21;1-2/h5-14,16H,15,35H2,1-4H3,(H,33,34);1-2H3. The third-order valence-corrected chi connectivity index (χ3v) is 6.25. The fraction of sp³-hybridized carbons (Fsp3) is 0.310. The summed E-state index contributed by atoms with van der Waals surface area (Å²) in [6.45, 7) is 11.7. The maximum absolute atomic E-state index is 13.8. The zero-order chi connectivity index (χ0) is 27.8. The molecule has 0 radical (unpaired) electrons. The average Bonchev–Trinajstić information content (AvgIpc) is 2.85. The molecule has 2 unspecified atom stereocenters. The zero-order valence-corrected chi connectivity index (χ0v) is 24.0. The summed E-state index contributed by atoms with van der Waals surface area (Å²) in [4.78, 5) is 9.59. The van der Waals surface area contributed by atoms with Crippen LogP contribution in [0.5, 0.6) is 0 Å². The molecule has 0 aliphatic rings. The second kappa shape index (κ2) is 13.2. The van der Waals surface area contributed by atoms with Gasteiger partial charge in [0.25, 0.3) is 0 Å². The van der Waals surface area contributed by atoms with Crippen LogP contribution in [0, 0.1) is 0 Å². The van der Waals surface area contributed by atoms with Gasteiger partial charge in [-0.3, -0.25) is 9.98 Å². The Kier molecular flexibility index (Phi) is 10.9. The lowest BCUT2D eigenvalue weighted by Gasteiger charge is -2.32. The first-order chi connectivity index (χ1) is 17.4. The van der Waals surface area contributed by atoms with Crippen LogP contribution < -0.4 is 10.6 Å². The largest absolute Gasteiger partial charge is 0.416 e. The van der Waals surface area contributed by atoms with E-state index in [2.05, 4.69) is 19.5 Å². The van der Waals surface area contributed by atoms with E-state index in [1.54, 1.807) is 25.1 Å². The van der Waals surface area contributed by atoms with Gasteiger partial charge in [-0.2, -0.15) is 13.2 Å². The van der Waals surface area contributed by atoms with Crippen molar-refractivity contribution in [1.82, 2.24) is 10.3 Å².